The molecule has 0 heterocycles. The van der Waals surface area contributed by atoms with E-state index in [0.717, 1.165) is 0 Å². The molecule has 0 aromatic carbocycles. The molecule has 0 N–H and O–H groups in total. The topological polar surface area (TPSA) is 0 Å². The van der Waals surface area contributed by atoms with Crippen molar-refractivity contribution in [3.05, 3.63) is 0 Å². The average Bonchev–Trinajstić information content (AvgIpc) is 0. The summed E-state index contributed by atoms with van der Waals surface area (Å²) in [6.07, 6.45) is 0. The van der Waals surface area contributed by atoms with E-state index in [-0.39, 0.29) is 121 Å². The number of rotatable bonds is 0. The number of hydrogen-bond acceptors (Lipinski definition) is 0. The third-order valence-corrected chi connectivity index (χ3v) is 0. The van der Waals surface area contributed by atoms with Crippen LogP contribution in [0.15, 0.2) is 0 Å². The Morgan fingerprint density at radius 2 is 0.286 bits per heavy atom. The second-order valence-electron chi connectivity index (χ2n) is 0. The fourth-order valence-electron chi connectivity index (χ4n) is 0. The quantitative estimate of drug-likeness (QED) is 0.366. The Kier molecular flexibility index (Phi) is 560. The third-order valence-electron chi connectivity index (χ3n) is 0. The third kappa shape index (κ3) is 41.9. The summed E-state index contributed by atoms with van der Waals surface area (Å²) in [7, 11) is 0. The summed E-state index contributed by atoms with van der Waals surface area (Å²) in [6.45, 7) is 0. The second kappa shape index (κ2) is 53.5. The molecule has 0 amide bonds. The first kappa shape index (κ1) is 73.3. The molecule has 1 radical (unpaired) electrons. The van der Waals surface area contributed by atoms with Gasteiger partial charge in [0, 0.05) is 17.1 Å². The maximum Gasteiger partial charge on any atom is 0.187 e. The van der Waals surface area contributed by atoms with Crippen LogP contribution >= 0.6 is 0 Å². The first-order chi connectivity index (χ1) is 0. The monoisotopic (exact) mass is 235 g/mol. The van der Waals surface area contributed by atoms with E-state index in [2.05, 4.69) is 0 Å². The van der Waals surface area contributed by atoms with Crippen LogP contribution in [0.5, 0.6) is 0 Å². The maximum absolute atomic E-state index is 0. The molecular formula is H18Al6Mn. The summed E-state index contributed by atoms with van der Waals surface area (Å²) in [5, 5.41) is 0. The zero-order chi connectivity index (χ0) is 0. The van der Waals surface area contributed by atoms with Crippen molar-refractivity contribution in [3.63, 3.8) is 0 Å². The molecule has 0 aromatic heterocycles. The molecule has 0 bridgehead atoms. The van der Waals surface area contributed by atoms with Crippen LogP contribution in [0.1, 0.15) is 0 Å². The second-order valence-corrected chi connectivity index (χ2v) is 0. The Bertz CT molecular complexity index is 4.14. The van der Waals surface area contributed by atoms with Gasteiger partial charge in [0.2, 0.25) is 0 Å². The molecule has 0 rings (SSSR count). The van der Waals surface area contributed by atoms with Gasteiger partial charge in [0.15, 0.2) is 104 Å². The van der Waals surface area contributed by atoms with Gasteiger partial charge in [-0.2, -0.15) is 0 Å². The molecule has 0 spiro atoms. The first-order valence-corrected chi connectivity index (χ1v) is 0. The average molecular weight is 235 g/mol. The van der Waals surface area contributed by atoms with E-state index in [1.165, 1.54) is 0 Å². The zero-order valence-electron chi connectivity index (χ0n) is 0.378. The van der Waals surface area contributed by atoms with E-state index in [0.29, 0.717) is 0 Å². The molecule has 7 heavy (non-hydrogen) atoms. The van der Waals surface area contributed by atoms with Crippen LogP contribution in [0.4, 0.5) is 0 Å². The van der Waals surface area contributed by atoms with Gasteiger partial charge in [-0.1, -0.05) is 0 Å². The van der Waals surface area contributed by atoms with Crippen molar-refractivity contribution >= 4 is 104 Å². The molecule has 0 aromatic rings. The first-order valence-electron chi connectivity index (χ1n) is 0. The van der Waals surface area contributed by atoms with Gasteiger partial charge in [-0.25, -0.2) is 0 Å². The van der Waals surface area contributed by atoms with Crippen LogP contribution in [-0.2, 0) is 17.1 Å². The Morgan fingerprint density at radius 3 is 0.286 bits per heavy atom. The van der Waals surface area contributed by atoms with Gasteiger partial charge in [-0.15, -0.1) is 0 Å². The van der Waals surface area contributed by atoms with Crippen molar-refractivity contribution in [1.82, 2.24) is 0 Å². The Labute approximate surface area is 119 Å². The van der Waals surface area contributed by atoms with Gasteiger partial charge in [0.1, 0.15) is 0 Å². The van der Waals surface area contributed by atoms with Crippen LogP contribution < -0.4 is 0 Å². The van der Waals surface area contributed by atoms with Crippen molar-refractivity contribution in [3.8, 4) is 0 Å². The van der Waals surface area contributed by atoms with Gasteiger partial charge >= 0.3 is 0 Å². The SMILES string of the molecule is [AlH3].[AlH3].[AlH3].[AlH3].[AlH3].[AlH3].[Mn]. The zero-order valence-corrected chi connectivity index (χ0v) is 1.56. The minimum Gasteiger partial charge on any atom is 0 e. The summed E-state index contributed by atoms with van der Waals surface area (Å²) >= 11 is 0. The molecule has 0 saturated carbocycles. The van der Waals surface area contributed by atoms with E-state index in [9.17, 15) is 0 Å². The maximum atomic E-state index is 0. The van der Waals surface area contributed by atoms with Gasteiger partial charge in [0.25, 0.3) is 0 Å². The van der Waals surface area contributed by atoms with Crippen LogP contribution in [0.3, 0.4) is 0 Å². The van der Waals surface area contributed by atoms with Gasteiger partial charge in [-0.3, -0.25) is 0 Å². The molecule has 0 atom stereocenters. The smallest absolute Gasteiger partial charge is 0 e. The van der Waals surface area contributed by atoms with Crippen LogP contribution in [-0.4, -0.2) is 104 Å². The minimum absolute atomic E-state index is 0. The van der Waals surface area contributed by atoms with E-state index < -0.39 is 0 Å². The summed E-state index contributed by atoms with van der Waals surface area (Å²) in [5.74, 6) is 0. The van der Waals surface area contributed by atoms with E-state index in [4.69, 9.17) is 0 Å². The standard InChI is InChI=1S/6Al.Mn.18H. The van der Waals surface area contributed by atoms with Crippen molar-refractivity contribution in [2.45, 2.75) is 0 Å². The van der Waals surface area contributed by atoms with Crippen LogP contribution in [0.2, 0.25) is 0 Å². The van der Waals surface area contributed by atoms with Crippen molar-refractivity contribution in [2.75, 3.05) is 0 Å². The Hall–Kier alpha value is 3.71. The minimum atomic E-state index is 0. The summed E-state index contributed by atoms with van der Waals surface area (Å²) < 4.78 is 0. The summed E-state index contributed by atoms with van der Waals surface area (Å²) in [4.78, 5) is 0. The predicted molar refractivity (Wildman–Crippen MR) is 59.6 cm³/mol. The van der Waals surface area contributed by atoms with E-state index in [1.807, 2.05) is 0 Å². The van der Waals surface area contributed by atoms with Crippen LogP contribution in [0, 0.1) is 0 Å². The normalized spacial score (nSPS) is 0. The molecule has 7 heteroatoms. The largest absolute Gasteiger partial charge is 0.187 e. The van der Waals surface area contributed by atoms with E-state index >= 15 is 0 Å². The molecule has 0 fully saturated rings. The summed E-state index contributed by atoms with van der Waals surface area (Å²) in [6, 6.07) is 0. The fourth-order valence-corrected chi connectivity index (χ4v) is 0. The molecule has 0 unspecified atom stereocenters. The Balaban J connectivity index is 0. The molecule has 0 saturated heterocycles. The molecule has 0 aliphatic carbocycles. The predicted octanol–water partition coefficient (Wildman–Crippen LogP) is -7.11. The molecule has 0 aliphatic rings. The molecule has 0 nitrogen and oxygen atoms in total. The van der Waals surface area contributed by atoms with Crippen LogP contribution in [0.25, 0.3) is 0 Å². The molecular weight excluding hydrogens is 217 g/mol. The number of hydrogen-bond donors (Lipinski definition) is 0. The molecule has 43 valence electrons. The fraction of sp³-hybridized carbons (Fsp3) is 0. The van der Waals surface area contributed by atoms with Gasteiger partial charge < -0.3 is 0 Å². The van der Waals surface area contributed by atoms with Crippen molar-refractivity contribution < 1.29 is 17.1 Å². The summed E-state index contributed by atoms with van der Waals surface area (Å²) in [5.41, 5.74) is 0. The van der Waals surface area contributed by atoms with Gasteiger partial charge in [-0.05, 0) is 0 Å². The van der Waals surface area contributed by atoms with E-state index in [1.54, 1.807) is 0 Å². The Morgan fingerprint density at radius 1 is 0.286 bits per heavy atom. The van der Waals surface area contributed by atoms with Crippen molar-refractivity contribution in [1.29, 1.82) is 0 Å². The van der Waals surface area contributed by atoms with Gasteiger partial charge in [0.05, 0.1) is 0 Å². The van der Waals surface area contributed by atoms with Crippen molar-refractivity contribution in [2.24, 2.45) is 0 Å². The molecule has 0 aliphatic heterocycles.